The second-order valence-corrected chi connectivity index (χ2v) is 3.92. The molecule has 12 heavy (non-hydrogen) atoms. The van der Waals surface area contributed by atoms with Gasteiger partial charge < -0.3 is 9.80 Å². The molecule has 0 radical (unpaired) electrons. The predicted octanol–water partition coefficient (Wildman–Crippen LogP) is 1.67. The van der Waals surface area contributed by atoms with Gasteiger partial charge in [0.25, 0.3) is 0 Å². The highest BCUT2D eigenvalue weighted by Crippen LogP contribution is 2.02. The van der Waals surface area contributed by atoms with E-state index in [2.05, 4.69) is 44.8 Å². The van der Waals surface area contributed by atoms with Gasteiger partial charge in [-0.25, -0.2) is 0 Å². The average molecular weight is 172 g/mol. The average Bonchev–Trinajstić information content (AvgIpc) is 2.00. The van der Waals surface area contributed by atoms with Crippen molar-refractivity contribution >= 4 is 0 Å². The lowest BCUT2D eigenvalue weighted by Gasteiger charge is -2.25. The Morgan fingerprint density at radius 1 is 1.08 bits per heavy atom. The van der Waals surface area contributed by atoms with Crippen molar-refractivity contribution in [3.8, 4) is 0 Å². The van der Waals surface area contributed by atoms with Crippen molar-refractivity contribution in [3.05, 3.63) is 0 Å². The molecule has 0 fully saturated rings. The van der Waals surface area contributed by atoms with Crippen molar-refractivity contribution in [2.24, 2.45) is 0 Å². The van der Waals surface area contributed by atoms with Crippen LogP contribution in [-0.4, -0.2) is 50.1 Å². The van der Waals surface area contributed by atoms with Crippen molar-refractivity contribution in [1.29, 1.82) is 0 Å². The molecule has 0 heterocycles. The molecule has 0 aromatic heterocycles. The smallest absolute Gasteiger partial charge is 0.0109 e. The van der Waals surface area contributed by atoms with Gasteiger partial charge in [0, 0.05) is 19.1 Å². The molecule has 2 heteroatoms. The van der Waals surface area contributed by atoms with E-state index in [4.69, 9.17) is 0 Å². The van der Waals surface area contributed by atoms with Gasteiger partial charge in [0.1, 0.15) is 0 Å². The summed E-state index contributed by atoms with van der Waals surface area (Å²) >= 11 is 0. The largest absolute Gasteiger partial charge is 0.308 e. The molecule has 2 nitrogen and oxygen atoms in total. The van der Waals surface area contributed by atoms with E-state index < -0.39 is 0 Å². The van der Waals surface area contributed by atoms with Crippen molar-refractivity contribution in [3.63, 3.8) is 0 Å². The SMILES string of the molecule is CCCC(C)N(C)CCN(C)C. The zero-order valence-electron chi connectivity index (χ0n) is 9.30. The first kappa shape index (κ1) is 11.9. The van der Waals surface area contributed by atoms with Crippen LogP contribution in [0.2, 0.25) is 0 Å². The van der Waals surface area contributed by atoms with Gasteiger partial charge in [-0.1, -0.05) is 13.3 Å². The molecular weight excluding hydrogens is 148 g/mol. The normalized spacial score (nSPS) is 14.2. The van der Waals surface area contributed by atoms with Crippen LogP contribution in [0.1, 0.15) is 26.7 Å². The zero-order valence-corrected chi connectivity index (χ0v) is 9.30. The first-order chi connectivity index (χ1) is 5.57. The Kier molecular flexibility index (Phi) is 6.39. The molecule has 0 aliphatic carbocycles. The number of hydrogen-bond donors (Lipinski definition) is 0. The summed E-state index contributed by atoms with van der Waals surface area (Å²) in [5, 5.41) is 0. The summed E-state index contributed by atoms with van der Waals surface area (Å²) in [5.74, 6) is 0. The molecule has 0 saturated carbocycles. The maximum absolute atomic E-state index is 2.43. The monoisotopic (exact) mass is 172 g/mol. The number of rotatable bonds is 6. The van der Waals surface area contributed by atoms with E-state index in [-0.39, 0.29) is 0 Å². The Hall–Kier alpha value is -0.0800. The number of hydrogen-bond acceptors (Lipinski definition) is 2. The minimum atomic E-state index is 0.731. The van der Waals surface area contributed by atoms with E-state index in [9.17, 15) is 0 Å². The van der Waals surface area contributed by atoms with Crippen LogP contribution in [0.15, 0.2) is 0 Å². The molecule has 0 aliphatic heterocycles. The maximum Gasteiger partial charge on any atom is 0.0109 e. The fourth-order valence-corrected chi connectivity index (χ4v) is 1.22. The summed E-state index contributed by atoms with van der Waals surface area (Å²) in [5.41, 5.74) is 0. The van der Waals surface area contributed by atoms with Crippen LogP contribution in [0.5, 0.6) is 0 Å². The summed E-state index contributed by atoms with van der Waals surface area (Å²) in [6.07, 6.45) is 2.59. The second-order valence-electron chi connectivity index (χ2n) is 3.92. The molecule has 0 amide bonds. The standard InChI is InChI=1S/C10H24N2/c1-6-7-10(2)12(5)9-8-11(3)4/h10H,6-9H2,1-5H3. The number of likely N-dealkylation sites (N-methyl/N-ethyl adjacent to an activating group) is 2. The lowest BCUT2D eigenvalue weighted by atomic mass is 10.2. The molecule has 0 aromatic rings. The second kappa shape index (κ2) is 6.44. The fraction of sp³-hybridized carbons (Fsp3) is 1.00. The van der Waals surface area contributed by atoms with Gasteiger partial charge in [-0.3, -0.25) is 0 Å². The molecule has 0 aromatic carbocycles. The van der Waals surface area contributed by atoms with Crippen molar-refractivity contribution in [1.82, 2.24) is 9.80 Å². The highest BCUT2D eigenvalue weighted by molar-refractivity contribution is 4.63. The Balaban J connectivity index is 3.49. The highest BCUT2D eigenvalue weighted by Gasteiger charge is 2.06. The summed E-state index contributed by atoms with van der Waals surface area (Å²) < 4.78 is 0. The molecule has 1 atom stereocenters. The number of nitrogens with zero attached hydrogens (tertiary/aromatic N) is 2. The lowest BCUT2D eigenvalue weighted by Crippen LogP contribution is -2.34. The van der Waals surface area contributed by atoms with E-state index in [1.165, 1.54) is 19.4 Å². The van der Waals surface area contributed by atoms with E-state index >= 15 is 0 Å². The van der Waals surface area contributed by atoms with Crippen LogP contribution in [0.4, 0.5) is 0 Å². The van der Waals surface area contributed by atoms with Gasteiger partial charge in [-0.15, -0.1) is 0 Å². The molecule has 0 spiro atoms. The van der Waals surface area contributed by atoms with E-state index in [1.807, 2.05) is 0 Å². The van der Waals surface area contributed by atoms with Crippen LogP contribution < -0.4 is 0 Å². The topological polar surface area (TPSA) is 6.48 Å². The van der Waals surface area contributed by atoms with E-state index in [0.29, 0.717) is 0 Å². The van der Waals surface area contributed by atoms with Crippen molar-refractivity contribution in [2.75, 3.05) is 34.2 Å². The quantitative estimate of drug-likeness (QED) is 0.601. The van der Waals surface area contributed by atoms with Crippen LogP contribution in [0.25, 0.3) is 0 Å². The first-order valence-corrected chi connectivity index (χ1v) is 4.93. The fourth-order valence-electron chi connectivity index (χ4n) is 1.22. The molecule has 74 valence electrons. The Labute approximate surface area is 77.5 Å². The van der Waals surface area contributed by atoms with Crippen LogP contribution in [0, 0.1) is 0 Å². The Morgan fingerprint density at radius 2 is 1.67 bits per heavy atom. The predicted molar refractivity (Wildman–Crippen MR) is 55.6 cm³/mol. The van der Waals surface area contributed by atoms with E-state index in [1.54, 1.807) is 0 Å². The first-order valence-electron chi connectivity index (χ1n) is 4.93. The minimum absolute atomic E-state index is 0.731. The van der Waals surface area contributed by atoms with Gasteiger partial charge in [0.05, 0.1) is 0 Å². The Bertz CT molecular complexity index is 102. The van der Waals surface area contributed by atoms with Gasteiger partial charge >= 0.3 is 0 Å². The molecule has 0 rings (SSSR count). The van der Waals surface area contributed by atoms with Crippen LogP contribution in [0.3, 0.4) is 0 Å². The van der Waals surface area contributed by atoms with Crippen LogP contribution >= 0.6 is 0 Å². The van der Waals surface area contributed by atoms with Gasteiger partial charge in [0.15, 0.2) is 0 Å². The molecular formula is C10H24N2. The molecule has 0 aliphatic rings. The molecule has 1 unspecified atom stereocenters. The lowest BCUT2D eigenvalue weighted by molar-refractivity contribution is 0.219. The van der Waals surface area contributed by atoms with Gasteiger partial charge in [-0.2, -0.15) is 0 Å². The third-order valence-corrected chi connectivity index (χ3v) is 2.36. The Morgan fingerprint density at radius 3 is 2.08 bits per heavy atom. The third kappa shape index (κ3) is 5.56. The summed E-state index contributed by atoms with van der Waals surface area (Å²) in [6.45, 7) is 6.88. The highest BCUT2D eigenvalue weighted by atomic mass is 15.2. The zero-order chi connectivity index (χ0) is 9.56. The van der Waals surface area contributed by atoms with Gasteiger partial charge in [-0.05, 0) is 34.5 Å². The van der Waals surface area contributed by atoms with E-state index in [0.717, 1.165) is 12.6 Å². The third-order valence-electron chi connectivity index (χ3n) is 2.36. The van der Waals surface area contributed by atoms with Crippen molar-refractivity contribution < 1.29 is 0 Å². The summed E-state index contributed by atoms with van der Waals surface area (Å²) in [4.78, 5) is 4.67. The summed E-state index contributed by atoms with van der Waals surface area (Å²) in [6, 6.07) is 0.731. The summed E-state index contributed by atoms with van der Waals surface area (Å²) in [7, 11) is 6.46. The minimum Gasteiger partial charge on any atom is -0.308 e. The molecule has 0 bridgehead atoms. The van der Waals surface area contributed by atoms with Gasteiger partial charge in [0.2, 0.25) is 0 Å². The molecule has 0 saturated heterocycles. The van der Waals surface area contributed by atoms with Crippen molar-refractivity contribution in [2.45, 2.75) is 32.7 Å². The molecule has 0 N–H and O–H groups in total. The van der Waals surface area contributed by atoms with Crippen LogP contribution in [-0.2, 0) is 0 Å². The maximum atomic E-state index is 2.43.